The van der Waals surface area contributed by atoms with Crippen LogP contribution in [-0.4, -0.2) is 47.3 Å². The molecular formula is C14H19FN2O2. The van der Waals surface area contributed by atoms with Crippen molar-refractivity contribution in [3.63, 3.8) is 0 Å². The predicted octanol–water partition coefficient (Wildman–Crippen LogP) is 1.21. The van der Waals surface area contributed by atoms with E-state index in [1.165, 1.54) is 6.07 Å². The van der Waals surface area contributed by atoms with Gasteiger partial charge >= 0.3 is 0 Å². The first-order valence-electron chi connectivity index (χ1n) is 6.65. The van der Waals surface area contributed by atoms with Crippen molar-refractivity contribution in [1.29, 1.82) is 0 Å². The first kappa shape index (κ1) is 13.0. The highest BCUT2D eigenvalue weighted by atomic mass is 19.1. The molecule has 1 aromatic rings. The Labute approximate surface area is 112 Å². The van der Waals surface area contributed by atoms with Crippen LogP contribution < -0.4 is 0 Å². The topological polar surface area (TPSA) is 45.6 Å². The summed E-state index contributed by atoms with van der Waals surface area (Å²) in [5.41, 5.74) is -0.260. The number of fused-ring (bicyclic) bond motifs is 2. The van der Waals surface area contributed by atoms with Gasteiger partial charge in [-0.1, -0.05) is 0 Å². The van der Waals surface area contributed by atoms with E-state index >= 15 is 0 Å². The third kappa shape index (κ3) is 2.16. The summed E-state index contributed by atoms with van der Waals surface area (Å²) in [7, 11) is 2.04. The van der Waals surface area contributed by atoms with E-state index in [1.807, 2.05) is 14.0 Å². The largest absolute Gasteiger partial charge is 0.383 e. The summed E-state index contributed by atoms with van der Waals surface area (Å²) in [4.78, 5) is 6.46. The molecular weight excluding hydrogens is 247 g/mol. The van der Waals surface area contributed by atoms with Crippen LogP contribution in [0.3, 0.4) is 0 Å². The molecule has 0 radical (unpaired) electrons. The zero-order chi connectivity index (χ0) is 13.6. The molecule has 0 aliphatic carbocycles. The van der Waals surface area contributed by atoms with Gasteiger partial charge in [-0.25, -0.2) is 4.39 Å². The summed E-state index contributed by atoms with van der Waals surface area (Å²) >= 11 is 0. The predicted molar refractivity (Wildman–Crippen MR) is 68.2 cm³/mol. The SMILES string of the molecule is Cc1ccc(F)c(C2(O)CC3COCC(C2)N3C)n1. The fraction of sp³-hybridized carbons (Fsp3) is 0.643. The van der Waals surface area contributed by atoms with Gasteiger partial charge in [0.25, 0.3) is 0 Å². The lowest BCUT2D eigenvalue weighted by atomic mass is 9.79. The minimum atomic E-state index is -1.18. The molecule has 0 aromatic carbocycles. The zero-order valence-electron chi connectivity index (χ0n) is 11.3. The van der Waals surface area contributed by atoms with E-state index < -0.39 is 11.4 Å². The smallest absolute Gasteiger partial charge is 0.147 e. The molecule has 3 rings (SSSR count). The molecule has 0 saturated carbocycles. The Kier molecular flexibility index (Phi) is 3.08. The van der Waals surface area contributed by atoms with Crippen LogP contribution in [0.25, 0.3) is 0 Å². The minimum Gasteiger partial charge on any atom is -0.383 e. The number of rotatable bonds is 1. The molecule has 2 aliphatic rings. The first-order chi connectivity index (χ1) is 8.99. The summed E-state index contributed by atoms with van der Waals surface area (Å²) in [6.07, 6.45) is 0.931. The molecule has 104 valence electrons. The number of hydrogen-bond donors (Lipinski definition) is 1. The van der Waals surface area contributed by atoms with Gasteiger partial charge in [0.15, 0.2) is 0 Å². The van der Waals surface area contributed by atoms with Crippen molar-refractivity contribution in [3.8, 4) is 0 Å². The third-order valence-electron chi connectivity index (χ3n) is 4.35. The van der Waals surface area contributed by atoms with Gasteiger partial charge in [0.2, 0.25) is 0 Å². The third-order valence-corrected chi connectivity index (χ3v) is 4.35. The number of aryl methyl sites for hydroxylation is 1. The molecule has 19 heavy (non-hydrogen) atoms. The highest BCUT2D eigenvalue weighted by molar-refractivity contribution is 5.21. The number of halogens is 1. The van der Waals surface area contributed by atoms with Crippen molar-refractivity contribution in [2.24, 2.45) is 0 Å². The van der Waals surface area contributed by atoms with Gasteiger partial charge in [-0.15, -0.1) is 0 Å². The summed E-state index contributed by atoms with van der Waals surface area (Å²) in [5.74, 6) is -0.420. The fourth-order valence-corrected chi connectivity index (χ4v) is 3.20. The van der Waals surface area contributed by atoms with Crippen molar-refractivity contribution in [3.05, 3.63) is 29.3 Å². The zero-order valence-corrected chi connectivity index (χ0v) is 11.3. The number of pyridine rings is 1. The Morgan fingerprint density at radius 1 is 1.37 bits per heavy atom. The van der Waals surface area contributed by atoms with Gasteiger partial charge in [0, 0.05) is 17.8 Å². The van der Waals surface area contributed by atoms with Gasteiger partial charge in [-0.2, -0.15) is 0 Å². The minimum absolute atomic E-state index is 0.124. The molecule has 0 amide bonds. The Morgan fingerprint density at radius 3 is 2.63 bits per heavy atom. The van der Waals surface area contributed by atoms with E-state index in [2.05, 4.69) is 9.88 Å². The van der Waals surface area contributed by atoms with Crippen molar-refractivity contribution >= 4 is 0 Å². The summed E-state index contributed by atoms with van der Waals surface area (Å²) in [6, 6.07) is 3.26. The second-order valence-corrected chi connectivity index (χ2v) is 5.73. The molecule has 2 saturated heterocycles. The van der Waals surface area contributed by atoms with Gasteiger partial charge in [0.1, 0.15) is 17.1 Å². The Morgan fingerprint density at radius 2 is 2.00 bits per heavy atom. The second-order valence-electron chi connectivity index (χ2n) is 5.73. The maximum atomic E-state index is 14.0. The molecule has 0 spiro atoms. The van der Waals surface area contributed by atoms with E-state index in [-0.39, 0.29) is 17.8 Å². The normalized spacial score (nSPS) is 35.4. The van der Waals surface area contributed by atoms with E-state index in [1.54, 1.807) is 6.07 Å². The number of likely N-dealkylation sites (N-methyl/N-ethyl adjacent to an activating group) is 1. The monoisotopic (exact) mass is 266 g/mol. The van der Waals surface area contributed by atoms with Crippen LogP contribution in [0.2, 0.25) is 0 Å². The van der Waals surface area contributed by atoms with Crippen LogP contribution in [0.5, 0.6) is 0 Å². The van der Waals surface area contributed by atoms with Crippen LogP contribution in [0, 0.1) is 12.7 Å². The highest BCUT2D eigenvalue weighted by Gasteiger charge is 2.47. The molecule has 4 nitrogen and oxygen atoms in total. The number of aliphatic hydroxyl groups is 1. The number of nitrogens with zero attached hydrogens (tertiary/aromatic N) is 2. The lowest BCUT2D eigenvalue weighted by molar-refractivity contribution is -0.140. The maximum Gasteiger partial charge on any atom is 0.147 e. The fourth-order valence-electron chi connectivity index (χ4n) is 3.20. The average Bonchev–Trinajstić information content (AvgIpc) is 2.34. The molecule has 2 atom stereocenters. The number of piperidine rings is 1. The molecule has 2 bridgehead atoms. The second kappa shape index (κ2) is 4.51. The molecule has 3 heterocycles. The number of morpholine rings is 1. The highest BCUT2D eigenvalue weighted by Crippen LogP contribution is 2.40. The van der Waals surface area contributed by atoms with Crippen LogP contribution >= 0.6 is 0 Å². The summed E-state index contributed by atoms with van der Waals surface area (Å²) in [5, 5.41) is 10.9. The Hall–Kier alpha value is -1.04. The molecule has 1 N–H and O–H groups in total. The molecule has 2 fully saturated rings. The Balaban J connectivity index is 1.97. The van der Waals surface area contributed by atoms with E-state index in [0.29, 0.717) is 26.1 Å². The van der Waals surface area contributed by atoms with Crippen molar-refractivity contribution in [2.45, 2.75) is 37.5 Å². The summed E-state index contributed by atoms with van der Waals surface area (Å²) in [6.45, 7) is 2.98. The van der Waals surface area contributed by atoms with E-state index in [0.717, 1.165) is 5.69 Å². The Bertz CT molecular complexity index is 480. The van der Waals surface area contributed by atoms with E-state index in [4.69, 9.17) is 4.74 Å². The molecule has 2 unspecified atom stereocenters. The lowest BCUT2D eigenvalue weighted by Gasteiger charge is -2.49. The van der Waals surface area contributed by atoms with Crippen molar-refractivity contribution in [2.75, 3.05) is 20.3 Å². The molecule has 5 heteroatoms. The number of ether oxygens (including phenoxy) is 1. The first-order valence-corrected chi connectivity index (χ1v) is 6.65. The van der Waals surface area contributed by atoms with Gasteiger partial charge < -0.3 is 9.84 Å². The van der Waals surface area contributed by atoms with Gasteiger partial charge in [-0.05, 0) is 38.9 Å². The summed E-state index contributed by atoms with van der Waals surface area (Å²) < 4.78 is 19.5. The molecule has 1 aromatic heterocycles. The lowest BCUT2D eigenvalue weighted by Crippen LogP contribution is -2.59. The quantitative estimate of drug-likeness (QED) is 0.830. The van der Waals surface area contributed by atoms with E-state index in [9.17, 15) is 9.50 Å². The van der Waals surface area contributed by atoms with Crippen LogP contribution in [0.4, 0.5) is 4.39 Å². The van der Waals surface area contributed by atoms with Crippen LogP contribution in [0.1, 0.15) is 24.2 Å². The number of aromatic nitrogens is 1. The maximum absolute atomic E-state index is 14.0. The van der Waals surface area contributed by atoms with Gasteiger partial charge in [0.05, 0.1) is 13.2 Å². The van der Waals surface area contributed by atoms with Crippen molar-refractivity contribution < 1.29 is 14.2 Å². The van der Waals surface area contributed by atoms with Crippen molar-refractivity contribution in [1.82, 2.24) is 9.88 Å². The number of hydrogen-bond acceptors (Lipinski definition) is 4. The van der Waals surface area contributed by atoms with Crippen LogP contribution in [0.15, 0.2) is 12.1 Å². The van der Waals surface area contributed by atoms with Crippen LogP contribution in [-0.2, 0) is 10.3 Å². The average molecular weight is 266 g/mol. The molecule has 2 aliphatic heterocycles. The standard InChI is InChI=1S/C14H19FN2O2/c1-9-3-4-12(15)13(16-9)14(18)5-10-7-19-8-11(6-14)17(10)2/h3-4,10-11,18H,5-8H2,1-2H3. The van der Waals surface area contributed by atoms with Gasteiger partial charge in [-0.3, -0.25) is 9.88 Å².